The van der Waals surface area contributed by atoms with Crippen molar-refractivity contribution >= 4 is 22.7 Å². The van der Waals surface area contributed by atoms with Crippen LogP contribution in [0, 0.1) is 11.3 Å². The van der Waals surface area contributed by atoms with Crippen molar-refractivity contribution in [3.8, 4) is 17.5 Å². The Morgan fingerprint density at radius 1 is 1.18 bits per heavy atom. The van der Waals surface area contributed by atoms with E-state index in [0.717, 1.165) is 16.3 Å². The summed E-state index contributed by atoms with van der Waals surface area (Å²) in [6.07, 6.45) is -0.309. The van der Waals surface area contributed by atoms with Gasteiger partial charge in [0.2, 0.25) is 17.5 Å². The summed E-state index contributed by atoms with van der Waals surface area (Å²) >= 11 is 0. The lowest BCUT2D eigenvalue weighted by molar-refractivity contribution is 0.105. The Morgan fingerprint density at radius 3 is 2.68 bits per heavy atom. The monoisotopic (exact) mass is 376 g/mol. The number of amides is 1. The Balaban J connectivity index is 1.61. The van der Waals surface area contributed by atoms with E-state index in [1.807, 2.05) is 47.4 Å². The number of aromatic nitrogens is 1. The number of rotatable bonds is 3. The van der Waals surface area contributed by atoms with E-state index >= 15 is 0 Å². The first-order valence-electron chi connectivity index (χ1n) is 9.27. The molecule has 0 atom stereocenters. The first kappa shape index (κ1) is 17.9. The zero-order valence-electron chi connectivity index (χ0n) is 15.6. The maximum Gasteiger partial charge on any atom is 0.409 e. The second-order valence-electron chi connectivity index (χ2n) is 6.48. The lowest BCUT2D eigenvalue weighted by Crippen LogP contribution is -2.49. The maximum absolute atomic E-state index is 11.9. The van der Waals surface area contributed by atoms with Gasteiger partial charge in [-0.05, 0) is 23.8 Å². The normalized spacial score (nSPS) is 14.1. The molecule has 142 valence electrons. The molecule has 7 heteroatoms. The molecule has 1 aliphatic rings. The van der Waals surface area contributed by atoms with Gasteiger partial charge in [-0.3, -0.25) is 0 Å². The van der Waals surface area contributed by atoms with Crippen LogP contribution in [0.15, 0.2) is 46.9 Å². The van der Waals surface area contributed by atoms with Gasteiger partial charge in [-0.2, -0.15) is 10.2 Å². The Morgan fingerprint density at radius 2 is 1.93 bits per heavy atom. The van der Waals surface area contributed by atoms with Gasteiger partial charge >= 0.3 is 6.09 Å². The minimum absolute atomic E-state index is 0.257. The highest BCUT2D eigenvalue weighted by Gasteiger charge is 2.27. The third kappa shape index (κ3) is 3.25. The number of nitrogens with zero attached hydrogens (tertiary/aromatic N) is 4. The van der Waals surface area contributed by atoms with Crippen molar-refractivity contribution in [1.29, 1.82) is 5.26 Å². The minimum atomic E-state index is -0.309. The van der Waals surface area contributed by atoms with E-state index in [1.165, 1.54) is 0 Å². The maximum atomic E-state index is 11.9. The zero-order valence-corrected chi connectivity index (χ0v) is 15.6. The second-order valence-corrected chi connectivity index (χ2v) is 6.48. The van der Waals surface area contributed by atoms with Crippen LogP contribution in [0.5, 0.6) is 0 Å². The molecule has 0 radical (unpaired) electrons. The molecule has 1 saturated heterocycles. The van der Waals surface area contributed by atoms with Crippen molar-refractivity contribution in [3.05, 3.63) is 48.2 Å². The molecule has 1 aliphatic heterocycles. The van der Waals surface area contributed by atoms with E-state index in [1.54, 1.807) is 11.8 Å². The van der Waals surface area contributed by atoms with Crippen LogP contribution in [0.4, 0.5) is 10.7 Å². The number of anilines is 1. The number of hydrogen-bond donors (Lipinski definition) is 0. The van der Waals surface area contributed by atoms with Crippen molar-refractivity contribution in [3.63, 3.8) is 0 Å². The van der Waals surface area contributed by atoms with Crippen LogP contribution < -0.4 is 4.90 Å². The number of carbonyl (C=O) groups is 1. The third-order valence-corrected chi connectivity index (χ3v) is 4.83. The summed E-state index contributed by atoms with van der Waals surface area (Å²) in [7, 11) is 0. The molecule has 0 N–H and O–H groups in total. The van der Waals surface area contributed by atoms with Gasteiger partial charge in [0.1, 0.15) is 6.07 Å². The summed E-state index contributed by atoms with van der Waals surface area (Å²) in [6.45, 7) is 4.27. The van der Waals surface area contributed by atoms with Crippen LogP contribution in [0.1, 0.15) is 12.6 Å². The Hall–Kier alpha value is -3.53. The average molecular weight is 376 g/mol. The predicted octanol–water partition coefficient (Wildman–Crippen LogP) is 3.64. The van der Waals surface area contributed by atoms with Gasteiger partial charge < -0.3 is 19.0 Å². The molecule has 0 spiro atoms. The molecule has 4 rings (SSSR count). The van der Waals surface area contributed by atoms with Crippen LogP contribution in [-0.4, -0.2) is 48.8 Å². The van der Waals surface area contributed by atoms with Gasteiger partial charge in [-0.25, -0.2) is 4.79 Å². The molecular formula is C21H20N4O3. The molecule has 2 heterocycles. The average Bonchev–Trinajstić information content (AvgIpc) is 3.18. The molecule has 28 heavy (non-hydrogen) atoms. The van der Waals surface area contributed by atoms with E-state index in [9.17, 15) is 10.1 Å². The zero-order chi connectivity index (χ0) is 19.5. The van der Waals surface area contributed by atoms with Crippen LogP contribution in [0.3, 0.4) is 0 Å². The van der Waals surface area contributed by atoms with Gasteiger partial charge in [0.25, 0.3) is 0 Å². The van der Waals surface area contributed by atoms with Crippen LogP contribution in [0.25, 0.3) is 22.2 Å². The van der Waals surface area contributed by atoms with Gasteiger partial charge in [-0.1, -0.05) is 36.4 Å². The molecule has 1 fully saturated rings. The number of carbonyl (C=O) groups excluding carboxylic acids is 1. The molecule has 0 saturated carbocycles. The molecular weight excluding hydrogens is 356 g/mol. The number of nitriles is 1. The highest BCUT2D eigenvalue weighted by molar-refractivity contribution is 5.94. The van der Waals surface area contributed by atoms with Crippen molar-refractivity contribution < 1.29 is 13.9 Å². The molecule has 2 aromatic carbocycles. The summed E-state index contributed by atoms with van der Waals surface area (Å²) in [5.74, 6) is 0.880. The molecule has 7 nitrogen and oxygen atoms in total. The molecule has 3 aromatic rings. The van der Waals surface area contributed by atoms with E-state index in [4.69, 9.17) is 9.15 Å². The smallest absolute Gasteiger partial charge is 0.409 e. The van der Waals surface area contributed by atoms with E-state index in [0.29, 0.717) is 44.6 Å². The van der Waals surface area contributed by atoms with Crippen molar-refractivity contribution in [2.24, 2.45) is 0 Å². The van der Waals surface area contributed by atoms with E-state index < -0.39 is 0 Å². The number of piperazine rings is 1. The fraction of sp³-hybridized carbons (Fsp3) is 0.286. The Labute approximate surface area is 162 Å². The van der Waals surface area contributed by atoms with Crippen LogP contribution in [0.2, 0.25) is 0 Å². The van der Waals surface area contributed by atoms with Gasteiger partial charge in [-0.15, -0.1) is 0 Å². The van der Waals surface area contributed by atoms with E-state index in [2.05, 4.69) is 11.1 Å². The summed E-state index contributed by atoms with van der Waals surface area (Å²) in [5.41, 5.74) is 1.11. The van der Waals surface area contributed by atoms with Crippen LogP contribution >= 0.6 is 0 Å². The molecule has 1 amide bonds. The standard InChI is InChI=1S/C21H20N4O3/c1-2-27-21(26)25-12-10-24(11-13-25)20-18(14-22)23-19(28-20)17-9-5-7-15-6-3-4-8-16(15)17/h3-9H,2,10-13H2,1H3. The topological polar surface area (TPSA) is 82.6 Å². The fourth-order valence-electron chi connectivity index (χ4n) is 3.43. The van der Waals surface area contributed by atoms with Gasteiger partial charge in [0, 0.05) is 31.7 Å². The Bertz CT molecular complexity index is 1040. The largest absolute Gasteiger partial charge is 0.450 e. The number of fused-ring (bicyclic) bond motifs is 1. The minimum Gasteiger partial charge on any atom is -0.450 e. The third-order valence-electron chi connectivity index (χ3n) is 4.83. The lowest BCUT2D eigenvalue weighted by atomic mass is 10.0. The summed E-state index contributed by atoms with van der Waals surface area (Å²) in [5, 5.41) is 11.7. The Kier molecular flexibility index (Phi) is 4.85. The van der Waals surface area contributed by atoms with Gasteiger partial charge in [0.05, 0.1) is 6.61 Å². The number of ether oxygens (including phenoxy) is 1. The predicted molar refractivity (Wildman–Crippen MR) is 105 cm³/mol. The summed E-state index contributed by atoms with van der Waals surface area (Å²) in [4.78, 5) is 19.9. The van der Waals surface area contributed by atoms with Gasteiger partial charge in [0.15, 0.2) is 0 Å². The molecule has 1 aromatic heterocycles. The van der Waals surface area contributed by atoms with Crippen molar-refractivity contribution in [1.82, 2.24) is 9.88 Å². The van der Waals surface area contributed by atoms with Crippen molar-refractivity contribution in [2.75, 3.05) is 37.7 Å². The molecule has 0 unspecified atom stereocenters. The molecule has 0 bridgehead atoms. The summed E-state index contributed by atoms with van der Waals surface area (Å²) in [6, 6.07) is 16.0. The quantitative estimate of drug-likeness (QED) is 0.694. The SMILES string of the molecule is CCOC(=O)N1CCN(c2oc(-c3cccc4ccccc34)nc2C#N)CC1. The summed E-state index contributed by atoms with van der Waals surface area (Å²) < 4.78 is 11.1. The van der Waals surface area contributed by atoms with E-state index in [-0.39, 0.29) is 11.8 Å². The number of oxazole rings is 1. The lowest BCUT2D eigenvalue weighted by Gasteiger charge is -2.33. The van der Waals surface area contributed by atoms with Crippen LogP contribution in [-0.2, 0) is 4.74 Å². The van der Waals surface area contributed by atoms with Crippen molar-refractivity contribution in [2.45, 2.75) is 6.92 Å². The number of benzene rings is 2. The highest BCUT2D eigenvalue weighted by Crippen LogP contribution is 2.33. The first-order valence-corrected chi connectivity index (χ1v) is 9.27. The fourth-order valence-corrected chi connectivity index (χ4v) is 3.43. The first-order chi connectivity index (χ1) is 13.7. The number of hydrogen-bond acceptors (Lipinski definition) is 6. The second kappa shape index (κ2) is 7.61. The molecule has 0 aliphatic carbocycles. The highest BCUT2D eigenvalue weighted by atomic mass is 16.6.